The number of pyridine rings is 1. The van der Waals surface area contributed by atoms with Crippen LogP contribution in [-0.4, -0.2) is 11.0 Å². The normalized spacial score (nSPS) is 13.2. The molecule has 1 rings (SSSR count). The highest BCUT2D eigenvalue weighted by molar-refractivity contribution is 9.10. The van der Waals surface area contributed by atoms with Crippen molar-refractivity contribution in [2.75, 3.05) is 0 Å². The molecule has 0 radical (unpaired) electrons. The van der Waals surface area contributed by atoms with Gasteiger partial charge in [-0.15, -0.1) is 0 Å². The summed E-state index contributed by atoms with van der Waals surface area (Å²) in [5, 5.41) is 0. The number of hydrazine groups is 1. The largest absolute Gasteiger partial charge is 0.271 e. The molecule has 0 aliphatic carbocycles. The highest BCUT2D eigenvalue weighted by atomic mass is 79.9. The summed E-state index contributed by atoms with van der Waals surface area (Å²) < 4.78 is 1.00. The number of aromatic nitrogens is 1. The van der Waals surface area contributed by atoms with Crippen molar-refractivity contribution in [3.63, 3.8) is 0 Å². The minimum atomic E-state index is 0.281. The van der Waals surface area contributed by atoms with Gasteiger partial charge in [-0.2, -0.15) is 0 Å². The number of nitrogens with one attached hydrogen (secondary N) is 1. The van der Waals surface area contributed by atoms with Gasteiger partial charge < -0.3 is 0 Å². The van der Waals surface area contributed by atoms with Crippen LogP contribution in [0.25, 0.3) is 0 Å². The highest BCUT2D eigenvalue weighted by Gasteiger charge is 2.12. The molecule has 0 bridgehead atoms. The lowest BCUT2D eigenvalue weighted by atomic mass is 10.00. The summed E-state index contributed by atoms with van der Waals surface area (Å²) in [7, 11) is 0. The molecule has 4 heteroatoms. The SMILES string of the molecule is CC(C)C(Cc1ccc(Br)cn1)NN. The number of nitrogens with zero attached hydrogens (tertiary/aromatic N) is 1. The Kier molecular flexibility index (Phi) is 4.51. The second-order valence-corrected chi connectivity index (χ2v) is 4.60. The lowest BCUT2D eigenvalue weighted by Gasteiger charge is -2.19. The third-order valence-electron chi connectivity index (χ3n) is 2.24. The molecule has 14 heavy (non-hydrogen) atoms. The number of halogens is 1. The molecule has 0 spiro atoms. The van der Waals surface area contributed by atoms with E-state index < -0.39 is 0 Å². The Hall–Kier alpha value is -0.450. The number of hydrogen-bond acceptors (Lipinski definition) is 3. The maximum absolute atomic E-state index is 5.46. The van der Waals surface area contributed by atoms with E-state index in [1.165, 1.54) is 0 Å². The summed E-state index contributed by atoms with van der Waals surface area (Å²) in [6, 6.07) is 4.29. The van der Waals surface area contributed by atoms with E-state index in [-0.39, 0.29) is 6.04 Å². The summed E-state index contributed by atoms with van der Waals surface area (Å²) in [4.78, 5) is 4.31. The molecule has 1 atom stereocenters. The second kappa shape index (κ2) is 5.44. The van der Waals surface area contributed by atoms with Crippen LogP contribution in [0.3, 0.4) is 0 Å². The molecular weight excluding hydrogens is 242 g/mol. The average molecular weight is 258 g/mol. The Labute approximate surface area is 93.2 Å². The van der Waals surface area contributed by atoms with Gasteiger partial charge in [0.15, 0.2) is 0 Å². The summed E-state index contributed by atoms with van der Waals surface area (Å²) in [5.41, 5.74) is 3.87. The van der Waals surface area contributed by atoms with E-state index in [0.717, 1.165) is 16.6 Å². The first kappa shape index (κ1) is 11.6. The third kappa shape index (κ3) is 3.36. The van der Waals surface area contributed by atoms with Crippen molar-refractivity contribution in [3.8, 4) is 0 Å². The highest BCUT2D eigenvalue weighted by Crippen LogP contribution is 2.11. The molecule has 1 aromatic heterocycles. The molecule has 1 aromatic rings. The van der Waals surface area contributed by atoms with Gasteiger partial charge in [0.25, 0.3) is 0 Å². The molecule has 0 aliphatic heterocycles. The molecule has 0 saturated heterocycles. The molecule has 0 fully saturated rings. The maximum Gasteiger partial charge on any atom is 0.0420 e. The third-order valence-corrected chi connectivity index (χ3v) is 2.71. The van der Waals surface area contributed by atoms with E-state index in [2.05, 4.69) is 40.2 Å². The molecule has 0 aliphatic rings. The maximum atomic E-state index is 5.46. The van der Waals surface area contributed by atoms with Crippen molar-refractivity contribution in [3.05, 3.63) is 28.5 Å². The van der Waals surface area contributed by atoms with E-state index >= 15 is 0 Å². The van der Waals surface area contributed by atoms with Crippen LogP contribution in [-0.2, 0) is 6.42 Å². The Morgan fingerprint density at radius 1 is 1.50 bits per heavy atom. The molecular formula is C10H16BrN3. The fourth-order valence-electron chi connectivity index (χ4n) is 1.24. The van der Waals surface area contributed by atoms with Crippen LogP contribution in [0.1, 0.15) is 19.5 Å². The zero-order valence-electron chi connectivity index (χ0n) is 8.50. The summed E-state index contributed by atoms with van der Waals surface area (Å²) in [5.74, 6) is 5.97. The average Bonchev–Trinajstić information content (AvgIpc) is 2.16. The molecule has 0 amide bonds. The van der Waals surface area contributed by atoms with Gasteiger partial charge in [-0.05, 0) is 34.0 Å². The van der Waals surface area contributed by atoms with Crippen LogP contribution in [0, 0.1) is 5.92 Å². The zero-order valence-corrected chi connectivity index (χ0v) is 10.1. The Morgan fingerprint density at radius 3 is 2.64 bits per heavy atom. The minimum Gasteiger partial charge on any atom is -0.271 e. The summed E-state index contributed by atoms with van der Waals surface area (Å²) in [6.07, 6.45) is 2.67. The Morgan fingerprint density at radius 2 is 2.21 bits per heavy atom. The van der Waals surface area contributed by atoms with Gasteiger partial charge in [0.05, 0.1) is 0 Å². The lowest BCUT2D eigenvalue weighted by Crippen LogP contribution is -2.40. The van der Waals surface area contributed by atoms with Gasteiger partial charge in [0.2, 0.25) is 0 Å². The minimum absolute atomic E-state index is 0.281. The quantitative estimate of drug-likeness (QED) is 0.640. The smallest absolute Gasteiger partial charge is 0.0420 e. The molecule has 78 valence electrons. The Bertz CT molecular complexity index is 271. The van der Waals surface area contributed by atoms with Crippen molar-refractivity contribution < 1.29 is 0 Å². The number of hydrogen-bond donors (Lipinski definition) is 2. The van der Waals surface area contributed by atoms with Crippen molar-refractivity contribution in [1.82, 2.24) is 10.4 Å². The molecule has 3 nitrogen and oxygen atoms in total. The molecule has 0 aromatic carbocycles. The van der Waals surface area contributed by atoms with Gasteiger partial charge in [0.1, 0.15) is 0 Å². The number of nitrogens with two attached hydrogens (primary N) is 1. The van der Waals surface area contributed by atoms with Crippen molar-refractivity contribution >= 4 is 15.9 Å². The fraction of sp³-hybridized carbons (Fsp3) is 0.500. The van der Waals surface area contributed by atoms with E-state index in [0.29, 0.717) is 5.92 Å². The van der Waals surface area contributed by atoms with Crippen LogP contribution >= 0.6 is 15.9 Å². The molecule has 1 heterocycles. The van der Waals surface area contributed by atoms with Crippen molar-refractivity contribution in [2.24, 2.45) is 11.8 Å². The van der Waals surface area contributed by atoms with Crippen molar-refractivity contribution in [1.29, 1.82) is 0 Å². The molecule has 1 unspecified atom stereocenters. The van der Waals surface area contributed by atoms with Gasteiger partial charge >= 0.3 is 0 Å². The predicted octanol–water partition coefficient (Wildman–Crippen LogP) is 1.87. The standard InChI is InChI=1S/C10H16BrN3/c1-7(2)10(14-12)5-9-4-3-8(11)6-13-9/h3-4,6-7,10,14H,5,12H2,1-2H3. The first-order chi connectivity index (χ1) is 6.63. The first-order valence-corrected chi connectivity index (χ1v) is 5.49. The van der Waals surface area contributed by atoms with Crippen LogP contribution in [0.15, 0.2) is 22.8 Å². The monoisotopic (exact) mass is 257 g/mol. The topological polar surface area (TPSA) is 50.9 Å². The van der Waals surface area contributed by atoms with Crippen LogP contribution < -0.4 is 11.3 Å². The first-order valence-electron chi connectivity index (χ1n) is 4.70. The van der Waals surface area contributed by atoms with Crippen LogP contribution in [0.2, 0.25) is 0 Å². The Balaban J connectivity index is 2.63. The van der Waals surface area contributed by atoms with Gasteiger partial charge in [-0.3, -0.25) is 16.3 Å². The summed E-state index contributed by atoms with van der Waals surface area (Å²) >= 11 is 3.35. The second-order valence-electron chi connectivity index (χ2n) is 3.69. The fourth-order valence-corrected chi connectivity index (χ4v) is 1.47. The van der Waals surface area contributed by atoms with E-state index in [9.17, 15) is 0 Å². The molecule has 3 N–H and O–H groups in total. The van der Waals surface area contributed by atoms with E-state index in [1.807, 2.05) is 18.3 Å². The predicted molar refractivity (Wildman–Crippen MR) is 61.6 cm³/mol. The lowest BCUT2D eigenvalue weighted by molar-refractivity contribution is 0.401. The number of rotatable bonds is 4. The van der Waals surface area contributed by atoms with Crippen LogP contribution in [0.4, 0.5) is 0 Å². The zero-order chi connectivity index (χ0) is 10.6. The summed E-state index contributed by atoms with van der Waals surface area (Å²) in [6.45, 7) is 4.28. The van der Waals surface area contributed by atoms with Crippen molar-refractivity contribution in [2.45, 2.75) is 26.3 Å². The van der Waals surface area contributed by atoms with E-state index in [4.69, 9.17) is 5.84 Å². The van der Waals surface area contributed by atoms with Gasteiger partial charge in [0, 0.05) is 28.8 Å². The van der Waals surface area contributed by atoms with Gasteiger partial charge in [-0.25, -0.2) is 0 Å². The van der Waals surface area contributed by atoms with Gasteiger partial charge in [-0.1, -0.05) is 13.8 Å². The van der Waals surface area contributed by atoms with E-state index in [1.54, 1.807) is 0 Å². The molecule has 0 saturated carbocycles. The van der Waals surface area contributed by atoms with Crippen LogP contribution in [0.5, 0.6) is 0 Å².